The molecule has 9 heteroatoms. The molecule has 1 saturated heterocycles. The largest absolute Gasteiger partial charge is 0.376 e. The number of likely N-dealkylation sites (tertiary alicyclic amines) is 1. The summed E-state index contributed by atoms with van der Waals surface area (Å²) in [6.07, 6.45) is 1.96. The lowest BCUT2D eigenvalue weighted by Gasteiger charge is -2.32. The Morgan fingerprint density at radius 2 is 2.22 bits per heavy atom. The van der Waals surface area contributed by atoms with E-state index in [9.17, 15) is 13.6 Å². The van der Waals surface area contributed by atoms with E-state index < -0.39 is 11.6 Å². The minimum Gasteiger partial charge on any atom is -0.376 e. The maximum absolute atomic E-state index is 13.4. The molecule has 27 heavy (non-hydrogen) atoms. The van der Waals surface area contributed by atoms with Crippen LogP contribution in [-0.2, 0) is 22.5 Å². The van der Waals surface area contributed by atoms with Gasteiger partial charge in [0, 0.05) is 32.2 Å². The average molecular weight is 381 g/mol. The average Bonchev–Trinajstić information content (AvgIpc) is 3.11. The number of benzene rings is 1. The van der Waals surface area contributed by atoms with Crippen molar-refractivity contribution in [2.24, 2.45) is 0 Å². The zero-order valence-electron chi connectivity index (χ0n) is 15.0. The van der Waals surface area contributed by atoms with Crippen molar-refractivity contribution in [3.8, 4) is 0 Å². The fraction of sp³-hybridized carbons (Fsp3) is 0.500. The Hall–Kier alpha value is -2.39. The van der Waals surface area contributed by atoms with Gasteiger partial charge in [0.25, 0.3) is 11.8 Å². The molecule has 0 aliphatic carbocycles. The Bertz CT molecular complexity index is 784. The van der Waals surface area contributed by atoms with E-state index in [4.69, 9.17) is 14.0 Å². The van der Waals surface area contributed by atoms with Crippen molar-refractivity contribution in [1.29, 1.82) is 0 Å². The number of aromatic nitrogens is 2. The molecule has 1 aliphatic heterocycles. The highest BCUT2D eigenvalue weighted by Crippen LogP contribution is 2.18. The molecular formula is C18H21F2N3O4. The number of hydrogen-bond acceptors (Lipinski definition) is 6. The summed E-state index contributed by atoms with van der Waals surface area (Å²) in [6.45, 7) is 1.61. The van der Waals surface area contributed by atoms with Gasteiger partial charge in [-0.05, 0) is 31.0 Å². The van der Waals surface area contributed by atoms with Crippen LogP contribution >= 0.6 is 0 Å². The van der Waals surface area contributed by atoms with Crippen molar-refractivity contribution in [1.82, 2.24) is 15.0 Å². The molecule has 1 fully saturated rings. The van der Waals surface area contributed by atoms with Crippen LogP contribution in [0, 0.1) is 11.6 Å². The maximum Gasteiger partial charge on any atom is 0.254 e. The number of nitrogens with zero attached hydrogens (tertiary/aromatic N) is 3. The number of carbonyl (C=O) groups excluding carboxylic acids is 1. The van der Waals surface area contributed by atoms with Gasteiger partial charge >= 0.3 is 0 Å². The number of ether oxygens (including phenoxy) is 2. The summed E-state index contributed by atoms with van der Waals surface area (Å²) >= 11 is 0. The SMILES string of the molecule is COCc1nc(CCOC2CCCN(C(=O)c3ccc(F)c(F)c3)C2)no1. The monoisotopic (exact) mass is 381 g/mol. The maximum atomic E-state index is 13.4. The number of rotatable bonds is 7. The van der Waals surface area contributed by atoms with E-state index in [1.165, 1.54) is 6.07 Å². The summed E-state index contributed by atoms with van der Waals surface area (Å²) in [7, 11) is 1.55. The standard InChI is InChI=1S/C18H21F2N3O4/c1-25-11-17-21-16(22-27-17)6-8-26-13-3-2-7-23(10-13)18(24)12-4-5-14(19)15(20)9-12/h4-5,9,13H,2-3,6-8,10-11H2,1H3. The van der Waals surface area contributed by atoms with Gasteiger partial charge in [-0.2, -0.15) is 4.98 Å². The van der Waals surface area contributed by atoms with Crippen LogP contribution < -0.4 is 0 Å². The van der Waals surface area contributed by atoms with Crippen LogP contribution in [0.1, 0.15) is 34.9 Å². The number of piperidine rings is 1. The van der Waals surface area contributed by atoms with Crippen LogP contribution in [0.2, 0.25) is 0 Å². The molecule has 0 N–H and O–H groups in total. The molecule has 1 amide bonds. The van der Waals surface area contributed by atoms with Gasteiger partial charge in [0.2, 0.25) is 0 Å². The second-order valence-electron chi connectivity index (χ2n) is 6.30. The van der Waals surface area contributed by atoms with E-state index in [1.54, 1.807) is 12.0 Å². The van der Waals surface area contributed by atoms with Gasteiger partial charge in [-0.15, -0.1) is 0 Å². The Morgan fingerprint density at radius 3 is 3.00 bits per heavy atom. The number of methoxy groups -OCH3 is 1. The van der Waals surface area contributed by atoms with Crippen LogP contribution in [-0.4, -0.2) is 53.9 Å². The molecule has 1 aromatic heterocycles. The van der Waals surface area contributed by atoms with Gasteiger partial charge in [-0.25, -0.2) is 8.78 Å². The highest BCUT2D eigenvalue weighted by Gasteiger charge is 2.25. The molecule has 2 aromatic rings. The minimum absolute atomic E-state index is 0.127. The molecule has 0 spiro atoms. The highest BCUT2D eigenvalue weighted by atomic mass is 19.2. The predicted octanol–water partition coefficient (Wildman–Crippen LogP) is 2.36. The normalized spacial score (nSPS) is 17.3. The van der Waals surface area contributed by atoms with Crippen LogP contribution in [0.4, 0.5) is 8.78 Å². The molecule has 0 radical (unpaired) electrons. The summed E-state index contributed by atoms with van der Waals surface area (Å²) in [4.78, 5) is 18.3. The van der Waals surface area contributed by atoms with Gasteiger partial charge in [0.1, 0.15) is 6.61 Å². The predicted molar refractivity (Wildman–Crippen MR) is 90.0 cm³/mol. The Kier molecular flexibility index (Phi) is 6.46. The van der Waals surface area contributed by atoms with E-state index in [0.717, 1.165) is 25.0 Å². The molecule has 2 heterocycles. The van der Waals surface area contributed by atoms with Crippen LogP contribution in [0.3, 0.4) is 0 Å². The van der Waals surface area contributed by atoms with Gasteiger partial charge < -0.3 is 18.9 Å². The Balaban J connectivity index is 1.49. The van der Waals surface area contributed by atoms with E-state index >= 15 is 0 Å². The zero-order chi connectivity index (χ0) is 19.2. The Labute approximate surface area is 155 Å². The first-order valence-corrected chi connectivity index (χ1v) is 8.73. The van der Waals surface area contributed by atoms with Crippen molar-refractivity contribution >= 4 is 5.91 Å². The van der Waals surface area contributed by atoms with Crippen molar-refractivity contribution in [2.75, 3.05) is 26.8 Å². The number of halogens is 2. The van der Waals surface area contributed by atoms with Crippen molar-refractivity contribution in [3.05, 3.63) is 47.1 Å². The first-order valence-electron chi connectivity index (χ1n) is 8.73. The van der Waals surface area contributed by atoms with E-state index in [2.05, 4.69) is 10.1 Å². The number of amides is 1. The fourth-order valence-corrected chi connectivity index (χ4v) is 2.96. The van der Waals surface area contributed by atoms with Crippen LogP contribution in [0.15, 0.2) is 22.7 Å². The fourth-order valence-electron chi connectivity index (χ4n) is 2.96. The Morgan fingerprint density at radius 1 is 1.37 bits per heavy atom. The van der Waals surface area contributed by atoms with Crippen molar-refractivity contribution in [3.63, 3.8) is 0 Å². The topological polar surface area (TPSA) is 77.7 Å². The number of carbonyl (C=O) groups is 1. The zero-order valence-corrected chi connectivity index (χ0v) is 15.0. The molecule has 0 saturated carbocycles. The van der Waals surface area contributed by atoms with Crippen LogP contribution in [0.5, 0.6) is 0 Å². The first kappa shape index (κ1) is 19.4. The summed E-state index contributed by atoms with van der Waals surface area (Å²) in [6, 6.07) is 3.18. The molecule has 1 aromatic carbocycles. The summed E-state index contributed by atoms with van der Waals surface area (Å²) in [5, 5.41) is 3.84. The van der Waals surface area contributed by atoms with E-state index in [-0.39, 0.29) is 24.2 Å². The summed E-state index contributed by atoms with van der Waals surface area (Å²) < 4.78 is 42.2. The lowest BCUT2D eigenvalue weighted by molar-refractivity contribution is 0.00249. The van der Waals surface area contributed by atoms with Gasteiger partial charge in [0.15, 0.2) is 17.5 Å². The van der Waals surface area contributed by atoms with E-state index in [1.807, 2.05) is 0 Å². The summed E-state index contributed by atoms with van der Waals surface area (Å²) in [5.74, 6) is -1.38. The molecule has 0 bridgehead atoms. The van der Waals surface area contributed by atoms with E-state index in [0.29, 0.717) is 37.8 Å². The summed E-state index contributed by atoms with van der Waals surface area (Å²) in [5.41, 5.74) is 0.131. The lowest BCUT2D eigenvalue weighted by Crippen LogP contribution is -2.43. The third kappa shape index (κ3) is 5.08. The van der Waals surface area contributed by atoms with Crippen LogP contribution in [0.25, 0.3) is 0 Å². The smallest absolute Gasteiger partial charge is 0.254 e. The molecule has 1 aliphatic rings. The molecule has 146 valence electrons. The quantitative estimate of drug-likeness (QED) is 0.733. The highest BCUT2D eigenvalue weighted by molar-refractivity contribution is 5.94. The van der Waals surface area contributed by atoms with Crippen molar-refractivity contribution < 1.29 is 27.6 Å². The second-order valence-corrected chi connectivity index (χ2v) is 6.30. The first-order chi connectivity index (χ1) is 13.1. The molecule has 7 nitrogen and oxygen atoms in total. The molecule has 1 atom stereocenters. The third-order valence-electron chi connectivity index (χ3n) is 4.29. The molecule has 3 rings (SSSR count). The number of hydrogen-bond donors (Lipinski definition) is 0. The third-order valence-corrected chi connectivity index (χ3v) is 4.29. The van der Waals surface area contributed by atoms with Gasteiger partial charge in [-0.3, -0.25) is 4.79 Å². The minimum atomic E-state index is -1.03. The lowest BCUT2D eigenvalue weighted by atomic mass is 10.1. The molecule has 1 unspecified atom stereocenters. The molecular weight excluding hydrogens is 360 g/mol. The van der Waals surface area contributed by atoms with Gasteiger partial charge in [-0.1, -0.05) is 5.16 Å². The van der Waals surface area contributed by atoms with Gasteiger partial charge in [0.05, 0.1) is 12.7 Å². The van der Waals surface area contributed by atoms with Crippen molar-refractivity contribution in [2.45, 2.75) is 32.0 Å². The second kappa shape index (κ2) is 9.01.